The summed E-state index contributed by atoms with van der Waals surface area (Å²) >= 11 is 0. The lowest BCUT2D eigenvalue weighted by Gasteiger charge is -2.29. The number of aliphatic carboxylic acids is 1. The van der Waals surface area contributed by atoms with Crippen LogP contribution in [0.4, 0.5) is 5.69 Å². The Bertz CT molecular complexity index is 647. The van der Waals surface area contributed by atoms with Crippen LogP contribution >= 0.6 is 12.4 Å². The van der Waals surface area contributed by atoms with E-state index in [-0.39, 0.29) is 30.8 Å². The quantitative estimate of drug-likeness (QED) is 0.737. The van der Waals surface area contributed by atoms with Gasteiger partial charge in [-0.25, -0.2) is 0 Å². The first kappa shape index (κ1) is 22.9. The normalized spacial score (nSPS) is 16.9. The largest absolute Gasteiger partial charge is 0.481 e. The van der Waals surface area contributed by atoms with Gasteiger partial charge < -0.3 is 15.3 Å². The minimum atomic E-state index is -0.802. The highest BCUT2D eigenvalue weighted by Gasteiger charge is 2.26. The van der Waals surface area contributed by atoms with Gasteiger partial charge in [-0.05, 0) is 57.5 Å². The number of carbonyl (C=O) groups excluding carboxylic acids is 2. The molecule has 27 heavy (non-hydrogen) atoms. The molecule has 1 saturated heterocycles. The van der Waals surface area contributed by atoms with Gasteiger partial charge in [0.25, 0.3) is 5.91 Å². The summed E-state index contributed by atoms with van der Waals surface area (Å²) in [5, 5.41) is 11.9. The van der Waals surface area contributed by atoms with Crippen molar-refractivity contribution in [1.82, 2.24) is 9.80 Å². The average Bonchev–Trinajstić information content (AvgIpc) is 2.63. The molecule has 0 bridgehead atoms. The number of hydrogen-bond donors (Lipinski definition) is 2. The highest BCUT2D eigenvalue weighted by molar-refractivity contribution is 5.96. The molecular weight excluding hydrogens is 370 g/mol. The summed E-state index contributed by atoms with van der Waals surface area (Å²) in [6, 6.07) is 6.84. The zero-order chi connectivity index (χ0) is 19.1. The van der Waals surface area contributed by atoms with Crippen LogP contribution in [0.3, 0.4) is 0 Å². The lowest BCUT2D eigenvalue weighted by molar-refractivity contribution is -0.144. The number of amides is 2. The summed E-state index contributed by atoms with van der Waals surface area (Å²) < 4.78 is 0. The molecule has 0 saturated carbocycles. The summed E-state index contributed by atoms with van der Waals surface area (Å²) in [5.74, 6) is -1.41. The van der Waals surface area contributed by atoms with Crippen molar-refractivity contribution in [3.05, 3.63) is 29.8 Å². The Morgan fingerprint density at radius 3 is 2.37 bits per heavy atom. The second kappa shape index (κ2) is 10.9. The van der Waals surface area contributed by atoms with Crippen molar-refractivity contribution in [2.45, 2.75) is 26.7 Å². The fourth-order valence-corrected chi connectivity index (χ4v) is 3.19. The molecular formula is C19H28ClN3O4. The van der Waals surface area contributed by atoms with Gasteiger partial charge in [0.05, 0.1) is 12.5 Å². The van der Waals surface area contributed by atoms with Crippen LogP contribution in [0.1, 0.15) is 37.0 Å². The molecule has 2 N–H and O–H groups in total. The van der Waals surface area contributed by atoms with Crippen LogP contribution < -0.4 is 5.32 Å². The van der Waals surface area contributed by atoms with E-state index in [0.717, 1.165) is 13.0 Å². The first-order chi connectivity index (χ1) is 12.4. The van der Waals surface area contributed by atoms with E-state index in [0.29, 0.717) is 37.3 Å². The molecule has 1 atom stereocenters. The minimum Gasteiger partial charge on any atom is -0.481 e. The third kappa shape index (κ3) is 6.52. The molecule has 0 aromatic heterocycles. The maximum Gasteiger partial charge on any atom is 0.307 e. The smallest absolute Gasteiger partial charge is 0.307 e. The van der Waals surface area contributed by atoms with E-state index in [1.807, 2.05) is 18.7 Å². The second-order valence-electron chi connectivity index (χ2n) is 6.52. The Hall–Kier alpha value is -2.12. The molecule has 1 unspecified atom stereocenters. The Morgan fingerprint density at radius 1 is 1.19 bits per heavy atom. The van der Waals surface area contributed by atoms with Crippen molar-refractivity contribution in [1.29, 1.82) is 0 Å². The molecule has 1 fully saturated rings. The molecule has 1 aliphatic rings. The summed E-state index contributed by atoms with van der Waals surface area (Å²) in [6.45, 7) is 6.48. The van der Waals surface area contributed by atoms with Gasteiger partial charge in [-0.2, -0.15) is 0 Å². The third-order valence-corrected chi connectivity index (χ3v) is 4.69. The fraction of sp³-hybridized carbons (Fsp3) is 0.526. The zero-order valence-electron chi connectivity index (χ0n) is 15.8. The van der Waals surface area contributed by atoms with Crippen molar-refractivity contribution >= 4 is 35.9 Å². The average molecular weight is 398 g/mol. The Kier molecular flexibility index (Phi) is 9.25. The summed E-state index contributed by atoms with van der Waals surface area (Å²) in [5.41, 5.74) is 1.21. The number of halogens is 1. The molecule has 2 amide bonds. The molecule has 150 valence electrons. The SMILES string of the molecule is CCN(CC)C(=O)c1ccc(NC(=O)CN2CCCC(C(=O)O)C2)cc1.Cl. The van der Waals surface area contributed by atoms with Crippen LogP contribution in [0.5, 0.6) is 0 Å². The molecule has 2 rings (SSSR count). The monoisotopic (exact) mass is 397 g/mol. The Balaban J connectivity index is 0.00000364. The Labute approximate surface area is 166 Å². The van der Waals surface area contributed by atoms with Crippen molar-refractivity contribution < 1.29 is 19.5 Å². The van der Waals surface area contributed by atoms with Gasteiger partial charge in [-0.15, -0.1) is 12.4 Å². The molecule has 8 heteroatoms. The zero-order valence-corrected chi connectivity index (χ0v) is 16.6. The van der Waals surface area contributed by atoms with E-state index < -0.39 is 11.9 Å². The van der Waals surface area contributed by atoms with Gasteiger partial charge >= 0.3 is 5.97 Å². The molecule has 0 spiro atoms. The molecule has 1 aliphatic heterocycles. The van der Waals surface area contributed by atoms with E-state index in [1.54, 1.807) is 29.2 Å². The fourth-order valence-electron chi connectivity index (χ4n) is 3.19. The Morgan fingerprint density at radius 2 is 1.81 bits per heavy atom. The highest BCUT2D eigenvalue weighted by Crippen LogP contribution is 2.17. The van der Waals surface area contributed by atoms with Gasteiger partial charge in [0, 0.05) is 30.9 Å². The third-order valence-electron chi connectivity index (χ3n) is 4.69. The van der Waals surface area contributed by atoms with Crippen molar-refractivity contribution in [3.8, 4) is 0 Å². The standard InChI is InChI=1S/C19H27N3O4.ClH/c1-3-22(4-2)18(24)14-7-9-16(10-8-14)20-17(23)13-21-11-5-6-15(12-21)19(25)26;/h7-10,15H,3-6,11-13H2,1-2H3,(H,20,23)(H,25,26);1H. The van der Waals surface area contributed by atoms with Crippen LogP contribution in [-0.4, -0.2) is 65.4 Å². The lowest BCUT2D eigenvalue weighted by Crippen LogP contribution is -2.42. The number of anilines is 1. The van der Waals surface area contributed by atoms with E-state index in [4.69, 9.17) is 5.11 Å². The first-order valence-corrected chi connectivity index (χ1v) is 9.09. The van der Waals surface area contributed by atoms with Gasteiger partial charge in [0.2, 0.25) is 5.91 Å². The van der Waals surface area contributed by atoms with Gasteiger partial charge in [-0.1, -0.05) is 0 Å². The first-order valence-electron chi connectivity index (χ1n) is 9.09. The number of carbonyl (C=O) groups is 3. The molecule has 0 radical (unpaired) electrons. The summed E-state index contributed by atoms with van der Waals surface area (Å²) in [6.07, 6.45) is 1.45. The number of carboxylic acids is 1. The van der Waals surface area contributed by atoms with E-state index >= 15 is 0 Å². The number of nitrogens with one attached hydrogen (secondary N) is 1. The predicted molar refractivity (Wildman–Crippen MR) is 106 cm³/mol. The number of piperidine rings is 1. The molecule has 7 nitrogen and oxygen atoms in total. The van der Waals surface area contributed by atoms with Crippen molar-refractivity contribution in [2.75, 3.05) is 38.0 Å². The molecule has 1 heterocycles. The van der Waals surface area contributed by atoms with Gasteiger partial charge in [0.1, 0.15) is 0 Å². The van der Waals surface area contributed by atoms with Crippen LogP contribution in [-0.2, 0) is 9.59 Å². The van der Waals surface area contributed by atoms with Crippen LogP contribution in [0, 0.1) is 5.92 Å². The highest BCUT2D eigenvalue weighted by atomic mass is 35.5. The van der Waals surface area contributed by atoms with Crippen molar-refractivity contribution in [3.63, 3.8) is 0 Å². The molecule has 0 aliphatic carbocycles. The minimum absolute atomic E-state index is 0. The number of nitrogens with zero attached hydrogens (tertiary/aromatic N) is 2. The van der Waals surface area contributed by atoms with Crippen LogP contribution in [0.2, 0.25) is 0 Å². The van der Waals surface area contributed by atoms with Gasteiger partial charge in [0.15, 0.2) is 0 Å². The number of likely N-dealkylation sites (tertiary alicyclic amines) is 1. The van der Waals surface area contributed by atoms with E-state index in [1.165, 1.54) is 0 Å². The predicted octanol–water partition coefficient (Wildman–Crippen LogP) is 2.33. The number of hydrogen-bond acceptors (Lipinski definition) is 4. The van der Waals surface area contributed by atoms with Gasteiger partial charge in [-0.3, -0.25) is 19.3 Å². The summed E-state index contributed by atoms with van der Waals surface area (Å²) in [4.78, 5) is 39.2. The van der Waals surface area contributed by atoms with Crippen molar-refractivity contribution in [2.24, 2.45) is 5.92 Å². The number of benzene rings is 1. The molecule has 1 aromatic carbocycles. The molecule has 1 aromatic rings. The van der Waals surface area contributed by atoms with E-state index in [2.05, 4.69) is 5.32 Å². The number of carboxylic acid groups (broad SMARTS) is 1. The maximum absolute atomic E-state index is 12.3. The van der Waals surface area contributed by atoms with E-state index in [9.17, 15) is 14.4 Å². The van der Waals surface area contributed by atoms with Crippen LogP contribution in [0.25, 0.3) is 0 Å². The summed E-state index contributed by atoms with van der Waals surface area (Å²) in [7, 11) is 0. The number of rotatable bonds is 7. The topological polar surface area (TPSA) is 90.0 Å². The lowest BCUT2D eigenvalue weighted by atomic mass is 9.98. The second-order valence-corrected chi connectivity index (χ2v) is 6.52. The van der Waals surface area contributed by atoms with Crippen LogP contribution in [0.15, 0.2) is 24.3 Å². The maximum atomic E-state index is 12.3.